The van der Waals surface area contributed by atoms with Gasteiger partial charge in [0.1, 0.15) is 5.82 Å². The zero-order valence-electron chi connectivity index (χ0n) is 8.90. The van der Waals surface area contributed by atoms with E-state index in [2.05, 4.69) is 4.98 Å². The summed E-state index contributed by atoms with van der Waals surface area (Å²) >= 11 is 5.87. The summed E-state index contributed by atoms with van der Waals surface area (Å²) in [4.78, 5) is 16.4. The second-order valence-corrected chi connectivity index (χ2v) is 4.03. The van der Waals surface area contributed by atoms with Crippen molar-refractivity contribution in [2.75, 3.05) is 6.54 Å². The van der Waals surface area contributed by atoms with E-state index in [0.717, 1.165) is 0 Å². The number of hydrogen-bond donors (Lipinski definition) is 1. The van der Waals surface area contributed by atoms with Gasteiger partial charge in [0.2, 0.25) is 0 Å². The molecule has 0 aliphatic rings. The average Bonchev–Trinajstić information content (AvgIpc) is 2.25. The molecule has 1 aromatic carbocycles. The van der Waals surface area contributed by atoms with Gasteiger partial charge < -0.3 is 5.73 Å². The van der Waals surface area contributed by atoms with Crippen LogP contribution >= 0.6 is 11.6 Å². The number of nitrogens with zero attached hydrogens (tertiary/aromatic N) is 2. The topological polar surface area (TPSA) is 60.9 Å². The lowest BCUT2D eigenvalue weighted by molar-refractivity contribution is 0.731. The smallest absolute Gasteiger partial charge is 0.261 e. The molecule has 1 heterocycles. The molecule has 1 aromatic heterocycles. The summed E-state index contributed by atoms with van der Waals surface area (Å²) in [5.74, 6) is 0.683. The minimum Gasteiger partial charge on any atom is -0.330 e. The highest BCUT2D eigenvalue weighted by molar-refractivity contribution is 6.31. The molecule has 0 aliphatic heterocycles. The molecule has 5 heteroatoms. The van der Waals surface area contributed by atoms with E-state index in [-0.39, 0.29) is 5.56 Å². The van der Waals surface area contributed by atoms with Crippen LogP contribution in [0.5, 0.6) is 0 Å². The van der Waals surface area contributed by atoms with E-state index in [1.165, 1.54) is 4.57 Å². The predicted molar refractivity (Wildman–Crippen MR) is 64.8 cm³/mol. The van der Waals surface area contributed by atoms with Crippen molar-refractivity contribution in [3.05, 3.63) is 39.4 Å². The van der Waals surface area contributed by atoms with E-state index in [9.17, 15) is 4.79 Å². The summed E-state index contributed by atoms with van der Waals surface area (Å²) in [5.41, 5.74) is 6.03. The largest absolute Gasteiger partial charge is 0.330 e. The van der Waals surface area contributed by atoms with Crippen LogP contribution in [0, 0.1) is 0 Å². The summed E-state index contributed by atoms with van der Waals surface area (Å²) in [7, 11) is 1.70. The molecule has 16 heavy (non-hydrogen) atoms. The fourth-order valence-electron chi connectivity index (χ4n) is 1.64. The molecule has 0 saturated heterocycles. The number of rotatable bonds is 2. The van der Waals surface area contributed by atoms with Gasteiger partial charge in [-0.3, -0.25) is 9.36 Å². The number of hydrogen-bond acceptors (Lipinski definition) is 3. The number of fused-ring (bicyclic) bond motifs is 1. The zero-order valence-corrected chi connectivity index (χ0v) is 9.66. The molecule has 0 aliphatic carbocycles. The second-order valence-electron chi connectivity index (χ2n) is 3.59. The van der Waals surface area contributed by atoms with Gasteiger partial charge in [-0.2, -0.15) is 0 Å². The highest BCUT2D eigenvalue weighted by Gasteiger charge is 2.07. The first-order chi connectivity index (χ1) is 7.63. The van der Waals surface area contributed by atoms with E-state index in [1.807, 2.05) is 0 Å². The zero-order chi connectivity index (χ0) is 11.7. The van der Waals surface area contributed by atoms with E-state index in [4.69, 9.17) is 17.3 Å². The third-order valence-corrected chi connectivity index (χ3v) is 2.73. The van der Waals surface area contributed by atoms with Gasteiger partial charge in [-0.15, -0.1) is 0 Å². The Bertz CT molecular complexity index is 592. The average molecular weight is 238 g/mol. The van der Waals surface area contributed by atoms with Crippen molar-refractivity contribution in [1.29, 1.82) is 0 Å². The van der Waals surface area contributed by atoms with Crippen LogP contribution in [0.3, 0.4) is 0 Å². The molecule has 2 N–H and O–H groups in total. The Morgan fingerprint density at radius 3 is 2.94 bits per heavy atom. The molecule has 0 bridgehead atoms. The van der Waals surface area contributed by atoms with Gasteiger partial charge in [0.25, 0.3) is 5.56 Å². The first-order valence-electron chi connectivity index (χ1n) is 4.98. The van der Waals surface area contributed by atoms with Gasteiger partial charge in [0.15, 0.2) is 0 Å². The van der Waals surface area contributed by atoms with Crippen molar-refractivity contribution in [3.8, 4) is 0 Å². The first-order valence-corrected chi connectivity index (χ1v) is 5.36. The van der Waals surface area contributed by atoms with E-state index >= 15 is 0 Å². The molecule has 0 saturated carbocycles. The summed E-state index contributed by atoms with van der Waals surface area (Å²) in [5, 5.41) is 1.15. The van der Waals surface area contributed by atoms with Crippen LogP contribution < -0.4 is 11.3 Å². The lowest BCUT2D eigenvalue weighted by Crippen LogP contribution is -2.24. The Morgan fingerprint density at radius 2 is 2.25 bits per heavy atom. The number of nitrogens with two attached hydrogens (primary N) is 1. The molecule has 0 fully saturated rings. The number of benzene rings is 1. The quantitative estimate of drug-likeness (QED) is 0.851. The van der Waals surface area contributed by atoms with Gasteiger partial charge in [-0.25, -0.2) is 4.98 Å². The van der Waals surface area contributed by atoms with E-state index in [1.54, 1.807) is 25.2 Å². The molecule has 0 radical (unpaired) electrons. The summed E-state index contributed by atoms with van der Waals surface area (Å²) in [6.07, 6.45) is 0.578. The van der Waals surface area contributed by atoms with Crippen molar-refractivity contribution in [1.82, 2.24) is 9.55 Å². The predicted octanol–water partition coefficient (Wildman–Crippen LogP) is 1.09. The van der Waals surface area contributed by atoms with Gasteiger partial charge in [0.05, 0.1) is 10.9 Å². The third kappa shape index (κ3) is 1.81. The molecule has 0 spiro atoms. The third-order valence-electron chi connectivity index (χ3n) is 2.50. The number of halogens is 1. The lowest BCUT2D eigenvalue weighted by atomic mass is 10.2. The fourth-order valence-corrected chi connectivity index (χ4v) is 1.81. The molecule has 2 rings (SSSR count). The minimum absolute atomic E-state index is 0.0647. The van der Waals surface area contributed by atoms with Crippen molar-refractivity contribution in [3.63, 3.8) is 0 Å². The van der Waals surface area contributed by atoms with Crippen LogP contribution in [0.25, 0.3) is 10.9 Å². The van der Waals surface area contributed by atoms with Crippen molar-refractivity contribution >= 4 is 22.5 Å². The Hall–Kier alpha value is -1.39. The maximum Gasteiger partial charge on any atom is 0.261 e. The standard InChI is InChI=1S/C11H12ClN3O/c1-15-10(4-5-13)14-9-6-7(12)2-3-8(9)11(15)16/h2-3,6H,4-5,13H2,1H3. The van der Waals surface area contributed by atoms with Crippen LogP contribution in [-0.4, -0.2) is 16.1 Å². The van der Waals surface area contributed by atoms with Crippen LogP contribution in [0.2, 0.25) is 5.02 Å². The normalized spacial score (nSPS) is 10.9. The molecular formula is C11H12ClN3O. The molecule has 4 nitrogen and oxygen atoms in total. The monoisotopic (exact) mass is 237 g/mol. The molecule has 2 aromatic rings. The SMILES string of the molecule is Cn1c(CCN)nc2cc(Cl)ccc2c1=O. The molecule has 0 amide bonds. The molecule has 0 unspecified atom stereocenters. The van der Waals surface area contributed by atoms with Gasteiger partial charge in [-0.05, 0) is 24.7 Å². The van der Waals surface area contributed by atoms with Gasteiger partial charge in [0, 0.05) is 18.5 Å². The van der Waals surface area contributed by atoms with Crippen LogP contribution in [0.1, 0.15) is 5.82 Å². The van der Waals surface area contributed by atoms with Crippen molar-refractivity contribution in [2.45, 2.75) is 6.42 Å². The number of aromatic nitrogens is 2. The van der Waals surface area contributed by atoms with Crippen molar-refractivity contribution < 1.29 is 0 Å². The molecular weight excluding hydrogens is 226 g/mol. The summed E-state index contributed by atoms with van der Waals surface area (Å²) < 4.78 is 1.53. The summed E-state index contributed by atoms with van der Waals surface area (Å²) in [6.45, 7) is 0.465. The van der Waals surface area contributed by atoms with Crippen LogP contribution in [0.15, 0.2) is 23.0 Å². The first kappa shape index (κ1) is 11.1. The van der Waals surface area contributed by atoms with Gasteiger partial charge in [-0.1, -0.05) is 11.6 Å². The maximum atomic E-state index is 12.0. The van der Waals surface area contributed by atoms with Gasteiger partial charge >= 0.3 is 0 Å². The minimum atomic E-state index is -0.0647. The maximum absolute atomic E-state index is 12.0. The molecule has 0 atom stereocenters. The van der Waals surface area contributed by atoms with Crippen LogP contribution in [0.4, 0.5) is 0 Å². The Labute approximate surface area is 97.7 Å². The van der Waals surface area contributed by atoms with Crippen molar-refractivity contribution in [2.24, 2.45) is 12.8 Å². The Balaban J connectivity index is 2.78. The molecule has 84 valence electrons. The summed E-state index contributed by atoms with van der Waals surface area (Å²) in [6, 6.07) is 5.08. The Kier molecular flexibility index (Phi) is 2.94. The Morgan fingerprint density at radius 1 is 1.50 bits per heavy atom. The highest BCUT2D eigenvalue weighted by atomic mass is 35.5. The van der Waals surface area contributed by atoms with Crippen LogP contribution in [-0.2, 0) is 13.5 Å². The highest BCUT2D eigenvalue weighted by Crippen LogP contribution is 2.15. The second kappa shape index (κ2) is 4.23. The van der Waals surface area contributed by atoms with E-state index < -0.39 is 0 Å². The lowest BCUT2D eigenvalue weighted by Gasteiger charge is -2.08. The fraction of sp³-hybridized carbons (Fsp3) is 0.273. The van der Waals surface area contributed by atoms with E-state index in [0.29, 0.717) is 34.7 Å².